The molecule has 2 amide bonds. The number of rotatable bonds is 3. The van der Waals surface area contributed by atoms with Crippen molar-refractivity contribution in [3.63, 3.8) is 0 Å². The molecule has 2 aromatic heterocycles. The third kappa shape index (κ3) is 4.28. The minimum Gasteiger partial charge on any atom is -0.337 e. The monoisotopic (exact) mass is 477 g/mol. The topological polar surface area (TPSA) is 117 Å². The number of aryl methyl sites for hydroxylation is 1. The molecule has 4 heterocycles. The van der Waals surface area contributed by atoms with Gasteiger partial charge in [0.25, 0.3) is 0 Å². The van der Waals surface area contributed by atoms with E-state index in [1.807, 2.05) is 11.0 Å². The van der Waals surface area contributed by atoms with Gasteiger partial charge in [0.15, 0.2) is 5.82 Å². The summed E-state index contributed by atoms with van der Waals surface area (Å²) in [6.45, 7) is 3.41. The van der Waals surface area contributed by atoms with Gasteiger partial charge in [0.05, 0.1) is 29.6 Å². The summed E-state index contributed by atoms with van der Waals surface area (Å²) in [5.41, 5.74) is 2.07. The molecule has 0 aliphatic carbocycles. The van der Waals surface area contributed by atoms with Crippen LogP contribution in [-0.2, 0) is 0 Å². The first-order chi connectivity index (χ1) is 16.9. The zero-order valence-electron chi connectivity index (χ0n) is 18.8. The number of H-pyrrole nitrogens is 1. The lowest BCUT2D eigenvalue weighted by atomic mass is 10.0. The fraction of sp³-hybridized carbons (Fsp3) is 0.304. The first kappa shape index (κ1) is 22.4. The summed E-state index contributed by atoms with van der Waals surface area (Å²) >= 11 is 0. The average Bonchev–Trinajstić information content (AvgIpc) is 3.53. The van der Waals surface area contributed by atoms with Gasteiger partial charge in [0.2, 0.25) is 5.95 Å². The third-order valence-corrected chi connectivity index (χ3v) is 6.11. The Hall–Kier alpha value is -4.40. The number of hydrazone groups is 1. The van der Waals surface area contributed by atoms with Crippen LogP contribution in [0, 0.1) is 29.9 Å². The Morgan fingerprint density at radius 2 is 2.00 bits per heavy atom. The fourth-order valence-corrected chi connectivity index (χ4v) is 4.28. The molecule has 5 rings (SSSR count). The minimum atomic E-state index is -0.540. The molecule has 12 heteroatoms. The number of piperazine rings is 1. The standard InChI is InChI=1S/C23H21F2N9O/c1-14-18(12-28-31-14)21-19(25)13-27-22(30-21)32-4-6-33(7-5-32)23(35)34-20(2-3-29-34)16-8-15(11-26)9-17(24)10-16/h3,8-10,12-13,20H,2,4-7H2,1H3,(H,28,31). The summed E-state index contributed by atoms with van der Waals surface area (Å²) in [5, 5.41) is 21.4. The van der Waals surface area contributed by atoms with Crippen LogP contribution in [0.25, 0.3) is 11.3 Å². The summed E-state index contributed by atoms with van der Waals surface area (Å²) in [4.78, 5) is 25.3. The highest BCUT2D eigenvalue weighted by Crippen LogP contribution is 2.31. The molecule has 178 valence electrons. The molecule has 1 N–H and O–H groups in total. The van der Waals surface area contributed by atoms with Crippen LogP contribution in [0.2, 0.25) is 0 Å². The molecular weight excluding hydrogens is 456 g/mol. The van der Waals surface area contributed by atoms with E-state index in [1.165, 1.54) is 11.1 Å². The Bertz CT molecular complexity index is 1340. The van der Waals surface area contributed by atoms with E-state index in [4.69, 9.17) is 5.26 Å². The Labute approximate surface area is 199 Å². The van der Waals surface area contributed by atoms with Crippen molar-refractivity contribution in [1.82, 2.24) is 30.1 Å². The Kier molecular flexibility index (Phi) is 5.82. The van der Waals surface area contributed by atoms with Crippen LogP contribution in [0.15, 0.2) is 35.7 Å². The van der Waals surface area contributed by atoms with Gasteiger partial charge in [-0.05, 0) is 30.7 Å². The van der Waals surface area contributed by atoms with E-state index >= 15 is 0 Å². The highest BCUT2D eigenvalue weighted by molar-refractivity contribution is 5.79. The number of amides is 2. The van der Waals surface area contributed by atoms with E-state index in [-0.39, 0.29) is 17.3 Å². The van der Waals surface area contributed by atoms with Crippen LogP contribution in [0.3, 0.4) is 0 Å². The molecule has 2 aliphatic rings. The van der Waals surface area contributed by atoms with E-state index in [2.05, 4.69) is 25.3 Å². The van der Waals surface area contributed by atoms with Gasteiger partial charge < -0.3 is 9.80 Å². The van der Waals surface area contributed by atoms with E-state index in [0.717, 1.165) is 12.3 Å². The second-order valence-corrected chi connectivity index (χ2v) is 8.29. The number of carbonyl (C=O) groups is 1. The summed E-state index contributed by atoms with van der Waals surface area (Å²) in [6, 6.07) is 5.20. The first-order valence-corrected chi connectivity index (χ1v) is 11.0. The molecule has 1 fully saturated rings. The van der Waals surface area contributed by atoms with Gasteiger partial charge in [-0.3, -0.25) is 5.10 Å². The van der Waals surface area contributed by atoms with Crippen molar-refractivity contribution in [2.75, 3.05) is 31.1 Å². The molecule has 0 spiro atoms. The predicted octanol–water partition coefficient (Wildman–Crippen LogP) is 3.00. The van der Waals surface area contributed by atoms with Crippen molar-refractivity contribution in [3.8, 4) is 17.3 Å². The van der Waals surface area contributed by atoms with Crippen molar-refractivity contribution in [1.29, 1.82) is 5.26 Å². The number of benzene rings is 1. The van der Waals surface area contributed by atoms with Crippen molar-refractivity contribution < 1.29 is 13.6 Å². The number of nitriles is 1. The van der Waals surface area contributed by atoms with E-state index in [1.54, 1.807) is 30.3 Å². The maximum Gasteiger partial charge on any atom is 0.341 e. The molecule has 2 aliphatic heterocycles. The highest BCUT2D eigenvalue weighted by atomic mass is 19.1. The lowest BCUT2D eigenvalue weighted by Gasteiger charge is -2.37. The van der Waals surface area contributed by atoms with Gasteiger partial charge in [0.1, 0.15) is 11.5 Å². The predicted molar refractivity (Wildman–Crippen MR) is 122 cm³/mol. The molecular formula is C23H21F2N9O. The zero-order chi connectivity index (χ0) is 24.5. The molecule has 10 nitrogen and oxygen atoms in total. The average molecular weight is 477 g/mol. The Morgan fingerprint density at radius 1 is 1.20 bits per heavy atom. The molecule has 0 radical (unpaired) electrons. The van der Waals surface area contributed by atoms with Crippen LogP contribution >= 0.6 is 0 Å². The number of carbonyl (C=O) groups excluding carboxylic acids is 1. The summed E-state index contributed by atoms with van der Waals surface area (Å²) in [7, 11) is 0. The third-order valence-electron chi connectivity index (χ3n) is 6.11. The van der Waals surface area contributed by atoms with Gasteiger partial charge >= 0.3 is 6.03 Å². The van der Waals surface area contributed by atoms with Gasteiger partial charge in [0, 0.05) is 50.6 Å². The van der Waals surface area contributed by atoms with Crippen molar-refractivity contribution >= 4 is 18.2 Å². The van der Waals surface area contributed by atoms with Crippen LogP contribution in [0.1, 0.15) is 29.3 Å². The summed E-state index contributed by atoms with van der Waals surface area (Å²) in [5.74, 6) is -0.701. The molecule has 1 saturated heterocycles. The molecule has 1 atom stereocenters. The number of hydrogen-bond donors (Lipinski definition) is 1. The molecule has 0 saturated carbocycles. The zero-order valence-corrected chi connectivity index (χ0v) is 18.8. The second-order valence-electron chi connectivity index (χ2n) is 8.29. The van der Waals surface area contributed by atoms with Crippen molar-refractivity contribution in [2.45, 2.75) is 19.4 Å². The normalized spacial score (nSPS) is 17.7. The number of aromatic amines is 1. The molecule has 3 aromatic rings. The number of halogens is 2. The first-order valence-electron chi connectivity index (χ1n) is 11.0. The quantitative estimate of drug-likeness (QED) is 0.620. The molecule has 0 bridgehead atoms. The van der Waals surface area contributed by atoms with Gasteiger partial charge in [-0.1, -0.05) is 0 Å². The number of nitrogens with one attached hydrogen (secondary N) is 1. The van der Waals surface area contributed by atoms with Crippen LogP contribution in [-0.4, -0.2) is 68.5 Å². The van der Waals surface area contributed by atoms with Crippen molar-refractivity contribution in [3.05, 3.63) is 59.0 Å². The lowest BCUT2D eigenvalue weighted by Crippen LogP contribution is -2.52. The van der Waals surface area contributed by atoms with Crippen LogP contribution in [0.4, 0.5) is 19.5 Å². The van der Waals surface area contributed by atoms with Gasteiger partial charge in [-0.2, -0.15) is 15.5 Å². The Balaban J connectivity index is 1.28. The van der Waals surface area contributed by atoms with Gasteiger partial charge in [-0.15, -0.1) is 0 Å². The largest absolute Gasteiger partial charge is 0.341 e. The molecule has 1 unspecified atom stereocenters. The molecule has 1 aromatic carbocycles. The number of aromatic nitrogens is 4. The SMILES string of the molecule is Cc1n[nH]cc1-c1nc(N2CCN(C(=O)N3N=CCC3c3cc(F)cc(C#N)c3)CC2)ncc1F. The van der Waals surface area contributed by atoms with E-state index in [0.29, 0.717) is 55.4 Å². The lowest BCUT2D eigenvalue weighted by molar-refractivity contribution is 0.139. The van der Waals surface area contributed by atoms with E-state index < -0.39 is 17.7 Å². The van der Waals surface area contributed by atoms with Gasteiger partial charge in [-0.25, -0.2) is 28.6 Å². The smallest absolute Gasteiger partial charge is 0.337 e. The van der Waals surface area contributed by atoms with Crippen molar-refractivity contribution in [2.24, 2.45) is 5.10 Å². The highest BCUT2D eigenvalue weighted by Gasteiger charge is 2.34. The summed E-state index contributed by atoms with van der Waals surface area (Å²) in [6.07, 6.45) is 4.77. The number of urea groups is 1. The maximum absolute atomic E-state index is 14.4. The van der Waals surface area contributed by atoms with Crippen LogP contribution < -0.4 is 4.90 Å². The second kappa shape index (κ2) is 9.09. The van der Waals surface area contributed by atoms with E-state index in [9.17, 15) is 13.6 Å². The maximum atomic E-state index is 14.4. The van der Waals surface area contributed by atoms with Crippen LogP contribution in [0.5, 0.6) is 0 Å². The Morgan fingerprint density at radius 3 is 2.71 bits per heavy atom. The number of nitrogens with zero attached hydrogens (tertiary/aromatic N) is 8. The minimum absolute atomic E-state index is 0.167. The number of anilines is 1. The fourth-order valence-electron chi connectivity index (χ4n) is 4.28. The number of hydrogen-bond acceptors (Lipinski definition) is 7. The molecule has 35 heavy (non-hydrogen) atoms. The summed E-state index contributed by atoms with van der Waals surface area (Å²) < 4.78 is 28.3.